The largest absolute Gasteiger partial charge is 0.463 e. The highest BCUT2D eigenvalue weighted by molar-refractivity contribution is 6.70. The van der Waals surface area contributed by atoms with E-state index in [-0.39, 0.29) is 12.1 Å². The number of ether oxygens (including phenoxy) is 1. The Bertz CT molecular complexity index is 463. The van der Waals surface area contributed by atoms with Crippen LogP contribution in [-0.4, -0.2) is 34.9 Å². The summed E-state index contributed by atoms with van der Waals surface area (Å²) < 4.78 is 17.0. The van der Waals surface area contributed by atoms with Gasteiger partial charge in [0.2, 0.25) is 0 Å². The smallest absolute Gasteiger partial charge is 0.344 e. The Morgan fingerprint density at radius 2 is 1.09 bits per heavy atom. The van der Waals surface area contributed by atoms with Crippen LogP contribution in [0.4, 0.5) is 0 Å². The van der Waals surface area contributed by atoms with E-state index < -0.39 is 8.56 Å². The van der Waals surface area contributed by atoms with Crippen molar-refractivity contribution in [1.29, 1.82) is 0 Å². The van der Waals surface area contributed by atoms with E-state index in [0.717, 1.165) is 17.5 Å². The molecule has 0 aromatic rings. The van der Waals surface area contributed by atoms with Gasteiger partial charge in [0.15, 0.2) is 0 Å². The third-order valence-corrected chi connectivity index (χ3v) is 12.5. The van der Waals surface area contributed by atoms with Gasteiger partial charge >= 0.3 is 14.5 Å². The lowest BCUT2D eigenvalue weighted by Gasteiger charge is -2.37. The SMILES string of the molecule is CCCCCCCCCCCCCC(=O)OC(C)C.CO[Si](OC)(C1CCCC1)C1CCCC1. The Morgan fingerprint density at radius 3 is 1.44 bits per heavy atom. The summed E-state index contributed by atoms with van der Waals surface area (Å²) in [5.41, 5.74) is 1.55. The monoisotopic (exact) mass is 498 g/mol. The van der Waals surface area contributed by atoms with Crippen LogP contribution in [0.25, 0.3) is 0 Å². The minimum Gasteiger partial charge on any atom is -0.463 e. The number of carbonyl (C=O) groups excluding carboxylic acids is 1. The van der Waals surface area contributed by atoms with E-state index in [1.807, 2.05) is 28.1 Å². The van der Waals surface area contributed by atoms with E-state index in [1.54, 1.807) is 0 Å². The molecule has 5 heteroatoms. The second-order valence-corrected chi connectivity index (χ2v) is 14.8. The fraction of sp³-hybridized carbons (Fsp3) is 0.966. The van der Waals surface area contributed by atoms with Crippen LogP contribution < -0.4 is 0 Å². The van der Waals surface area contributed by atoms with Gasteiger partial charge < -0.3 is 13.6 Å². The van der Waals surface area contributed by atoms with Crippen LogP contribution >= 0.6 is 0 Å². The summed E-state index contributed by atoms with van der Waals surface area (Å²) in [6.07, 6.45) is 26.0. The highest BCUT2D eigenvalue weighted by Gasteiger charge is 2.52. The van der Waals surface area contributed by atoms with Crippen LogP contribution in [0.3, 0.4) is 0 Å². The van der Waals surface area contributed by atoms with Crippen molar-refractivity contribution >= 4 is 14.5 Å². The lowest BCUT2D eigenvalue weighted by molar-refractivity contribution is -0.147. The molecule has 2 fully saturated rings. The number of unbranched alkanes of at least 4 members (excludes halogenated alkanes) is 10. The molecule has 34 heavy (non-hydrogen) atoms. The molecule has 0 N–H and O–H groups in total. The molecule has 0 aromatic heterocycles. The van der Waals surface area contributed by atoms with Crippen molar-refractivity contribution in [3.63, 3.8) is 0 Å². The summed E-state index contributed by atoms with van der Waals surface area (Å²) in [6, 6.07) is 0. The average molecular weight is 499 g/mol. The Hall–Kier alpha value is -0.393. The van der Waals surface area contributed by atoms with Crippen molar-refractivity contribution in [2.45, 2.75) is 166 Å². The molecule has 2 aliphatic carbocycles. The third-order valence-electron chi connectivity index (χ3n) is 7.84. The Kier molecular flexibility index (Phi) is 18.4. The molecule has 2 aliphatic rings. The van der Waals surface area contributed by atoms with Crippen LogP contribution in [0.2, 0.25) is 11.1 Å². The van der Waals surface area contributed by atoms with Crippen molar-refractivity contribution in [2.75, 3.05) is 14.2 Å². The van der Waals surface area contributed by atoms with Crippen LogP contribution in [0, 0.1) is 0 Å². The minimum absolute atomic E-state index is 0.0280. The van der Waals surface area contributed by atoms with Crippen LogP contribution in [0.5, 0.6) is 0 Å². The fourth-order valence-corrected chi connectivity index (χ4v) is 10.6. The summed E-state index contributed by atoms with van der Waals surface area (Å²) in [7, 11) is 1.91. The maximum Gasteiger partial charge on any atom is 0.344 e. The van der Waals surface area contributed by atoms with Crippen molar-refractivity contribution < 1.29 is 18.4 Å². The first-order valence-corrected chi connectivity index (χ1v) is 16.8. The Morgan fingerprint density at radius 1 is 0.706 bits per heavy atom. The van der Waals surface area contributed by atoms with Crippen molar-refractivity contribution in [1.82, 2.24) is 0 Å². The van der Waals surface area contributed by atoms with E-state index >= 15 is 0 Å². The predicted octanol–water partition coefficient (Wildman–Crippen LogP) is 9.25. The van der Waals surface area contributed by atoms with Gasteiger partial charge in [0.05, 0.1) is 6.10 Å². The second kappa shape index (κ2) is 19.8. The molecule has 0 saturated heterocycles. The van der Waals surface area contributed by atoms with E-state index in [9.17, 15) is 4.79 Å². The van der Waals surface area contributed by atoms with Crippen molar-refractivity contribution in [3.05, 3.63) is 0 Å². The molecule has 0 bridgehead atoms. The van der Waals surface area contributed by atoms with Gasteiger partial charge in [-0.05, 0) is 46.0 Å². The van der Waals surface area contributed by atoms with Gasteiger partial charge in [-0.3, -0.25) is 4.79 Å². The highest BCUT2D eigenvalue weighted by Crippen LogP contribution is 2.50. The van der Waals surface area contributed by atoms with E-state index in [4.69, 9.17) is 13.6 Å². The van der Waals surface area contributed by atoms with Crippen molar-refractivity contribution in [2.24, 2.45) is 0 Å². The van der Waals surface area contributed by atoms with Gasteiger partial charge in [-0.15, -0.1) is 0 Å². The molecule has 0 amide bonds. The summed E-state index contributed by atoms with van der Waals surface area (Å²) in [5.74, 6) is -0.0362. The predicted molar refractivity (Wildman–Crippen MR) is 147 cm³/mol. The average Bonchev–Trinajstić information content (AvgIpc) is 3.54. The van der Waals surface area contributed by atoms with Gasteiger partial charge in [0, 0.05) is 31.7 Å². The van der Waals surface area contributed by atoms with Gasteiger partial charge in [-0.25, -0.2) is 0 Å². The standard InChI is InChI=1S/C17H34O2.C12H24O2Si/c1-4-5-6-7-8-9-10-11-12-13-14-15-17(18)19-16(2)3;1-13-15(14-2,11-7-3-4-8-11)12-9-5-6-10-12/h16H,4-15H2,1-3H3;11-12H,3-10H2,1-2H3. The molecule has 0 radical (unpaired) electrons. The molecule has 202 valence electrons. The number of hydrogen-bond donors (Lipinski definition) is 0. The molecule has 0 aromatic carbocycles. The fourth-order valence-electron chi connectivity index (χ4n) is 6.00. The highest BCUT2D eigenvalue weighted by atomic mass is 28.4. The summed E-state index contributed by atoms with van der Waals surface area (Å²) in [5, 5.41) is 0. The second-order valence-electron chi connectivity index (χ2n) is 10.9. The third kappa shape index (κ3) is 12.5. The first kappa shape index (κ1) is 31.6. The molecule has 0 heterocycles. The lowest BCUT2D eigenvalue weighted by Crippen LogP contribution is -2.48. The van der Waals surface area contributed by atoms with Gasteiger partial charge in [0.25, 0.3) is 0 Å². The number of carbonyl (C=O) groups is 1. The summed E-state index contributed by atoms with van der Waals surface area (Å²) in [6.45, 7) is 6.06. The van der Waals surface area contributed by atoms with E-state index in [0.29, 0.717) is 6.42 Å². The first-order valence-electron chi connectivity index (χ1n) is 14.8. The Labute approximate surface area is 213 Å². The number of rotatable bonds is 17. The molecular formula is C29H58O4Si. The van der Waals surface area contributed by atoms with Gasteiger partial charge in [-0.2, -0.15) is 0 Å². The van der Waals surface area contributed by atoms with Gasteiger partial charge in [0.1, 0.15) is 0 Å². The number of hydrogen-bond acceptors (Lipinski definition) is 4. The first-order chi connectivity index (χ1) is 16.5. The lowest BCUT2D eigenvalue weighted by atomic mass is 10.1. The van der Waals surface area contributed by atoms with Crippen LogP contribution in [0.15, 0.2) is 0 Å². The van der Waals surface area contributed by atoms with Crippen LogP contribution in [0.1, 0.15) is 149 Å². The molecule has 2 saturated carbocycles. The normalized spacial score (nSPS) is 17.2. The molecule has 0 unspecified atom stereocenters. The Balaban J connectivity index is 0.000000347. The zero-order valence-electron chi connectivity index (χ0n) is 23.5. The summed E-state index contributed by atoms with van der Waals surface area (Å²) >= 11 is 0. The van der Waals surface area contributed by atoms with Crippen molar-refractivity contribution in [3.8, 4) is 0 Å². The van der Waals surface area contributed by atoms with Crippen LogP contribution in [-0.2, 0) is 18.4 Å². The van der Waals surface area contributed by atoms with E-state index in [2.05, 4.69) is 6.92 Å². The molecule has 2 rings (SSSR count). The topological polar surface area (TPSA) is 44.8 Å². The molecule has 0 atom stereocenters. The molecular weight excluding hydrogens is 440 g/mol. The molecule has 4 nitrogen and oxygen atoms in total. The zero-order chi connectivity index (χ0) is 25.1. The zero-order valence-corrected chi connectivity index (χ0v) is 24.5. The maximum absolute atomic E-state index is 11.3. The van der Waals surface area contributed by atoms with E-state index in [1.165, 1.54) is 116 Å². The number of esters is 1. The van der Waals surface area contributed by atoms with Gasteiger partial charge in [-0.1, -0.05) is 96.8 Å². The maximum atomic E-state index is 11.3. The minimum atomic E-state index is -1.88. The molecule has 0 aliphatic heterocycles. The molecule has 0 spiro atoms. The summed E-state index contributed by atoms with van der Waals surface area (Å²) in [4.78, 5) is 11.3. The quantitative estimate of drug-likeness (QED) is 0.114.